The van der Waals surface area contributed by atoms with Crippen molar-refractivity contribution in [2.75, 3.05) is 31.5 Å². The molecule has 2 heterocycles. The van der Waals surface area contributed by atoms with E-state index in [1.54, 1.807) is 0 Å². The third-order valence-electron chi connectivity index (χ3n) is 6.99. The van der Waals surface area contributed by atoms with Crippen LogP contribution in [0.25, 0.3) is 5.57 Å². The molecule has 3 nitrogen and oxygen atoms in total. The molecule has 1 saturated heterocycles. The third-order valence-corrected chi connectivity index (χ3v) is 8.18. The predicted molar refractivity (Wildman–Crippen MR) is 136 cm³/mol. The molecule has 3 aliphatic rings. The summed E-state index contributed by atoms with van der Waals surface area (Å²) in [5.41, 5.74) is 10.5. The standard InChI is InChI=1S/C26H30F3N3S.ClH/c27-26(28,29)20-15-23(31-21-7-10-32(11-8-21)12-9-30)22-13-19-6-5-18(17-3-1-2-4-17)14-24(19)33-25(22)16-20;/h3,5-6,14-16,21,31H,1-2,4,7-13,30H2;1H. The molecule has 2 aliphatic heterocycles. The van der Waals surface area contributed by atoms with E-state index in [0.717, 1.165) is 60.7 Å². The van der Waals surface area contributed by atoms with Gasteiger partial charge in [-0.2, -0.15) is 13.2 Å². The Hall–Kier alpha value is -1.67. The van der Waals surface area contributed by atoms with Gasteiger partial charge in [0.2, 0.25) is 0 Å². The maximum Gasteiger partial charge on any atom is 0.416 e. The number of hydrogen-bond acceptors (Lipinski definition) is 4. The molecule has 8 heteroatoms. The average molecular weight is 510 g/mol. The molecule has 34 heavy (non-hydrogen) atoms. The van der Waals surface area contributed by atoms with E-state index in [4.69, 9.17) is 5.73 Å². The van der Waals surface area contributed by atoms with Gasteiger partial charge in [0.15, 0.2) is 0 Å². The number of nitrogens with two attached hydrogens (primary N) is 1. The van der Waals surface area contributed by atoms with Crippen LogP contribution in [0.4, 0.5) is 18.9 Å². The lowest BCUT2D eigenvalue weighted by Gasteiger charge is -2.34. The van der Waals surface area contributed by atoms with E-state index in [1.165, 1.54) is 47.0 Å². The first kappa shape index (κ1) is 25.4. The van der Waals surface area contributed by atoms with Gasteiger partial charge in [-0.05, 0) is 72.6 Å². The molecule has 5 rings (SSSR count). The summed E-state index contributed by atoms with van der Waals surface area (Å²) in [6.07, 6.45) is 3.76. The van der Waals surface area contributed by atoms with Crippen LogP contribution in [-0.2, 0) is 12.6 Å². The summed E-state index contributed by atoms with van der Waals surface area (Å²) in [5.74, 6) is 0. The van der Waals surface area contributed by atoms with E-state index in [9.17, 15) is 13.2 Å². The van der Waals surface area contributed by atoms with Crippen molar-refractivity contribution in [1.82, 2.24) is 4.90 Å². The fourth-order valence-corrected chi connectivity index (χ4v) is 6.34. The Morgan fingerprint density at radius 2 is 1.88 bits per heavy atom. The highest BCUT2D eigenvalue weighted by atomic mass is 35.5. The topological polar surface area (TPSA) is 41.3 Å². The number of hydrogen-bond donors (Lipinski definition) is 2. The monoisotopic (exact) mass is 509 g/mol. The van der Waals surface area contributed by atoms with Gasteiger partial charge in [-0.1, -0.05) is 30.0 Å². The number of halogens is 4. The molecule has 0 saturated carbocycles. The maximum atomic E-state index is 13.8. The van der Waals surface area contributed by atoms with E-state index >= 15 is 0 Å². The molecule has 0 spiro atoms. The van der Waals surface area contributed by atoms with Crippen LogP contribution < -0.4 is 11.1 Å². The fourth-order valence-electron chi connectivity index (χ4n) is 5.15. The average Bonchev–Trinajstić information content (AvgIpc) is 3.33. The van der Waals surface area contributed by atoms with Gasteiger partial charge in [-0.15, -0.1) is 12.4 Å². The number of fused-ring (bicyclic) bond motifs is 2. The first-order valence-electron chi connectivity index (χ1n) is 11.8. The van der Waals surface area contributed by atoms with E-state index in [1.807, 2.05) is 0 Å². The summed E-state index contributed by atoms with van der Waals surface area (Å²) >= 11 is 1.48. The number of likely N-dealkylation sites (tertiary alicyclic amines) is 1. The number of rotatable bonds is 5. The van der Waals surface area contributed by atoms with E-state index in [2.05, 4.69) is 34.5 Å². The van der Waals surface area contributed by atoms with Crippen molar-refractivity contribution < 1.29 is 13.2 Å². The van der Waals surface area contributed by atoms with Crippen molar-refractivity contribution in [2.24, 2.45) is 5.73 Å². The Kier molecular flexibility index (Phi) is 7.87. The zero-order valence-corrected chi connectivity index (χ0v) is 20.7. The Labute approximate surface area is 209 Å². The van der Waals surface area contributed by atoms with Gasteiger partial charge in [-0.3, -0.25) is 0 Å². The first-order chi connectivity index (χ1) is 15.9. The van der Waals surface area contributed by atoms with Crippen molar-refractivity contribution in [3.05, 3.63) is 58.7 Å². The molecule has 0 unspecified atom stereocenters. The summed E-state index contributed by atoms with van der Waals surface area (Å²) in [6.45, 7) is 3.35. The number of piperidine rings is 1. The number of nitrogens with zero attached hydrogens (tertiary/aromatic N) is 1. The summed E-state index contributed by atoms with van der Waals surface area (Å²) in [4.78, 5) is 4.12. The van der Waals surface area contributed by atoms with Gasteiger partial charge in [0, 0.05) is 54.1 Å². The lowest BCUT2D eigenvalue weighted by molar-refractivity contribution is -0.137. The molecule has 0 amide bonds. The van der Waals surface area contributed by atoms with Gasteiger partial charge in [-0.25, -0.2) is 0 Å². The van der Waals surface area contributed by atoms with Crippen molar-refractivity contribution in [2.45, 2.75) is 60.5 Å². The number of anilines is 1. The quantitative estimate of drug-likeness (QED) is 0.407. The minimum absolute atomic E-state index is 0. The zero-order valence-electron chi connectivity index (χ0n) is 19.1. The number of alkyl halides is 3. The highest BCUT2D eigenvalue weighted by Crippen LogP contribution is 2.46. The second kappa shape index (κ2) is 10.5. The Balaban J connectivity index is 0.00000274. The molecule has 0 aromatic heterocycles. The molecule has 1 fully saturated rings. The van der Waals surface area contributed by atoms with Crippen molar-refractivity contribution >= 4 is 35.4 Å². The summed E-state index contributed by atoms with van der Waals surface area (Å²) in [5, 5.41) is 3.49. The number of benzene rings is 2. The molecular formula is C26H31ClF3N3S. The van der Waals surface area contributed by atoms with Gasteiger partial charge in [0.25, 0.3) is 0 Å². The van der Waals surface area contributed by atoms with Crippen LogP contribution in [0.3, 0.4) is 0 Å². The minimum Gasteiger partial charge on any atom is -0.382 e. The molecule has 2 aromatic rings. The lowest BCUT2D eigenvalue weighted by Crippen LogP contribution is -2.41. The largest absolute Gasteiger partial charge is 0.416 e. The third kappa shape index (κ3) is 5.43. The molecule has 2 aromatic carbocycles. The highest BCUT2D eigenvalue weighted by molar-refractivity contribution is 7.99. The molecule has 1 aliphatic carbocycles. The summed E-state index contributed by atoms with van der Waals surface area (Å²) < 4.78 is 41.3. The van der Waals surface area contributed by atoms with Gasteiger partial charge < -0.3 is 16.0 Å². The Bertz CT molecular complexity index is 1060. The lowest BCUT2D eigenvalue weighted by atomic mass is 9.96. The number of allylic oxidation sites excluding steroid dienone is 2. The van der Waals surface area contributed by atoms with Crippen LogP contribution in [0.1, 0.15) is 54.4 Å². The zero-order chi connectivity index (χ0) is 23.0. The SMILES string of the molecule is Cl.NCCN1CCC(Nc2cc(C(F)(F)F)cc3c2Cc2ccc(C4=CCCC4)cc2S3)CC1. The van der Waals surface area contributed by atoms with Gasteiger partial charge in [0.1, 0.15) is 0 Å². The van der Waals surface area contributed by atoms with Gasteiger partial charge >= 0.3 is 6.18 Å². The fraction of sp³-hybridized carbons (Fsp3) is 0.462. The molecule has 3 N–H and O–H groups in total. The maximum absolute atomic E-state index is 13.8. The number of nitrogens with one attached hydrogen (secondary N) is 1. The van der Waals surface area contributed by atoms with Crippen molar-refractivity contribution in [3.63, 3.8) is 0 Å². The molecule has 184 valence electrons. The van der Waals surface area contributed by atoms with Crippen molar-refractivity contribution in [3.8, 4) is 0 Å². The van der Waals surface area contributed by atoms with Crippen LogP contribution in [0.5, 0.6) is 0 Å². The van der Waals surface area contributed by atoms with E-state index in [0.29, 0.717) is 18.7 Å². The van der Waals surface area contributed by atoms with Crippen LogP contribution in [0, 0.1) is 0 Å². The molecule has 0 atom stereocenters. The second-order valence-electron chi connectivity index (χ2n) is 9.27. The Morgan fingerprint density at radius 3 is 2.56 bits per heavy atom. The van der Waals surface area contributed by atoms with Crippen LogP contribution in [0.2, 0.25) is 0 Å². The van der Waals surface area contributed by atoms with Crippen LogP contribution >= 0.6 is 24.2 Å². The van der Waals surface area contributed by atoms with Crippen molar-refractivity contribution in [1.29, 1.82) is 0 Å². The van der Waals surface area contributed by atoms with E-state index in [-0.39, 0.29) is 18.4 Å². The highest BCUT2D eigenvalue weighted by Gasteiger charge is 2.34. The Morgan fingerprint density at radius 1 is 1.09 bits per heavy atom. The molecule has 0 radical (unpaired) electrons. The summed E-state index contributed by atoms with van der Waals surface area (Å²) in [7, 11) is 0. The summed E-state index contributed by atoms with van der Waals surface area (Å²) in [6, 6.07) is 9.32. The second-order valence-corrected chi connectivity index (χ2v) is 10.4. The normalized spacial score (nSPS) is 18.6. The van der Waals surface area contributed by atoms with Crippen LogP contribution in [-0.4, -0.2) is 37.1 Å². The smallest absolute Gasteiger partial charge is 0.382 e. The predicted octanol–water partition coefficient (Wildman–Crippen LogP) is 6.58. The molecule has 0 bridgehead atoms. The van der Waals surface area contributed by atoms with Gasteiger partial charge in [0.05, 0.1) is 5.56 Å². The van der Waals surface area contributed by atoms with Crippen LogP contribution in [0.15, 0.2) is 46.2 Å². The minimum atomic E-state index is -4.37. The van der Waals surface area contributed by atoms with E-state index < -0.39 is 11.7 Å². The first-order valence-corrected chi connectivity index (χ1v) is 12.7. The molecular weight excluding hydrogens is 479 g/mol.